The molecular weight excluding hydrogens is 187 g/mol. The first kappa shape index (κ1) is 10.3. The quantitative estimate of drug-likeness (QED) is 0.450. The predicted molar refractivity (Wildman–Crippen MR) is 51.3 cm³/mol. The third kappa shape index (κ3) is 1.93. The number of hydrogen-bond acceptors (Lipinski definition) is 4. The first-order valence-electron chi connectivity index (χ1n) is 3.87. The molecule has 1 aromatic carbocycles. The van der Waals surface area contributed by atoms with Crippen LogP contribution in [0, 0.1) is 5.82 Å². The van der Waals surface area contributed by atoms with Crippen molar-refractivity contribution in [2.45, 2.75) is 0 Å². The fourth-order valence-electron chi connectivity index (χ4n) is 1.06. The summed E-state index contributed by atoms with van der Waals surface area (Å²) < 4.78 is 23.2. The van der Waals surface area contributed by atoms with E-state index >= 15 is 0 Å². The molecule has 0 aliphatic heterocycles. The molecule has 0 saturated heterocycles. The van der Waals surface area contributed by atoms with Crippen LogP contribution in [0.4, 0.5) is 4.39 Å². The van der Waals surface area contributed by atoms with Crippen molar-refractivity contribution in [3.8, 4) is 11.5 Å². The fraction of sp³-hybridized carbons (Fsp3) is 0.222. The fourth-order valence-corrected chi connectivity index (χ4v) is 1.06. The Labute approximate surface area is 81.1 Å². The Balaban J connectivity index is 3.27. The van der Waals surface area contributed by atoms with Crippen LogP contribution in [0.15, 0.2) is 17.2 Å². The zero-order valence-electron chi connectivity index (χ0n) is 7.95. The van der Waals surface area contributed by atoms with Crippen molar-refractivity contribution in [3.05, 3.63) is 23.5 Å². The molecule has 0 spiro atoms. The van der Waals surface area contributed by atoms with E-state index in [1.54, 1.807) is 6.07 Å². The molecule has 0 radical (unpaired) electrons. The van der Waals surface area contributed by atoms with Gasteiger partial charge in [0.05, 0.1) is 26.0 Å². The number of benzene rings is 1. The lowest BCUT2D eigenvalue weighted by Gasteiger charge is -2.07. The first-order chi connectivity index (χ1) is 6.72. The first-order valence-corrected chi connectivity index (χ1v) is 3.87. The second-order valence-corrected chi connectivity index (χ2v) is 2.50. The molecule has 0 amide bonds. The number of nitrogens with two attached hydrogens (primary N) is 1. The lowest BCUT2D eigenvalue weighted by atomic mass is 10.2. The number of nitrogens with zero attached hydrogens (tertiary/aromatic N) is 1. The maximum Gasteiger partial charge on any atom is 0.139 e. The number of ether oxygens (including phenoxy) is 2. The molecule has 0 saturated carbocycles. The second kappa shape index (κ2) is 4.45. The highest BCUT2D eigenvalue weighted by atomic mass is 19.1. The molecule has 0 fully saturated rings. The van der Waals surface area contributed by atoms with Crippen LogP contribution < -0.4 is 15.3 Å². The number of hydrogen-bond donors (Lipinski definition) is 1. The Morgan fingerprint density at radius 1 is 1.36 bits per heavy atom. The molecule has 0 bridgehead atoms. The van der Waals surface area contributed by atoms with Crippen LogP contribution in [0.1, 0.15) is 5.56 Å². The molecule has 2 N–H and O–H groups in total. The molecule has 0 unspecified atom stereocenters. The van der Waals surface area contributed by atoms with E-state index in [4.69, 9.17) is 15.3 Å². The lowest BCUT2D eigenvalue weighted by molar-refractivity contribution is 0.388. The van der Waals surface area contributed by atoms with Crippen molar-refractivity contribution >= 4 is 6.21 Å². The summed E-state index contributed by atoms with van der Waals surface area (Å²) in [4.78, 5) is 0. The van der Waals surface area contributed by atoms with Crippen molar-refractivity contribution in [2.75, 3.05) is 14.2 Å². The van der Waals surface area contributed by atoms with E-state index in [2.05, 4.69) is 5.10 Å². The van der Waals surface area contributed by atoms with Gasteiger partial charge >= 0.3 is 0 Å². The van der Waals surface area contributed by atoms with Crippen LogP contribution in [-0.2, 0) is 0 Å². The van der Waals surface area contributed by atoms with Crippen molar-refractivity contribution in [2.24, 2.45) is 10.9 Å². The summed E-state index contributed by atoms with van der Waals surface area (Å²) in [6.07, 6.45) is 1.19. The Kier molecular flexibility index (Phi) is 3.28. The highest BCUT2D eigenvalue weighted by molar-refractivity contribution is 5.84. The van der Waals surface area contributed by atoms with Gasteiger partial charge in [0, 0.05) is 12.1 Å². The summed E-state index contributed by atoms with van der Waals surface area (Å²) in [5.41, 5.74) is 0.204. The molecule has 0 aromatic heterocycles. The standard InChI is InChI=1S/C9H11FN2O2/c1-13-6-3-8(10)7(5-12-11)9(4-6)14-2/h3-5H,11H2,1-2H3. The van der Waals surface area contributed by atoms with Crippen LogP contribution in [0.5, 0.6) is 11.5 Å². The number of hydrazone groups is 1. The van der Waals surface area contributed by atoms with Crippen LogP contribution >= 0.6 is 0 Å². The van der Waals surface area contributed by atoms with E-state index in [9.17, 15) is 4.39 Å². The van der Waals surface area contributed by atoms with Crippen molar-refractivity contribution in [1.82, 2.24) is 0 Å². The molecular formula is C9H11FN2O2. The van der Waals surface area contributed by atoms with E-state index in [-0.39, 0.29) is 5.56 Å². The molecule has 5 heteroatoms. The van der Waals surface area contributed by atoms with Gasteiger partial charge in [-0.3, -0.25) is 0 Å². The molecule has 0 atom stereocenters. The minimum Gasteiger partial charge on any atom is -0.497 e. The van der Waals surface area contributed by atoms with E-state index < -0.39 is 5.82 Å². The monoisotopic (exact) mass is 198 g/mol. The van der Waals surface area contributed by atoms with Crippen LogP contribution in [0.25, 0.3) is 0 Å². The number of rotatable bonds is 3. The average molecular weight is 198 g/mol. The van der Waals surface area contributed by atoms with Gasteiger partial charge in [0.25, 0.3) is 0 Å². The molecule has 0 aliphatic rings. The topological polar surface area (TPSA) is 56.8 Å². The Bertz CT molecular complexity index is 353. The van der Waals surface area contributed by atoms with Gasteiger partial charge in [-0.2, -0.15) is 5.10 Å². The molecule has 76 valence electrons. The zero-order chi connectivity index (χ0) is 10.6. The molecule has 1 rings (SSSR count). The minimum atomic E-state index is -0.490. The largest absolute Gasteiger partial charge is 0.497 e. The molecule has 1 aromatic rings. The highest BCUT2D eigenvalue weighted by Gasteiger charge is 2.09. The summed E-state index contributed by atoms with van der Waals surface area (Å²) in [5, 5.41) is 3.25. The SMILES string of the molecule is COc1cc(F)c(C=NN)c(OC)c1. The van der Waals surface area contributed by atoms with Gasteiger partial charge in [-0.05, 0) is 0 Å². The average Bonchev–Trinajstić information content (AvgIpc) is 2.20. The molecule has 0 aliphatic carbocycles. The summed E-state index contributed by atoms with van der Waals surface area (Å²) >= 11 is 0. The lowest BCUT2D eigenvalue weighted by Crippen LogP contribution is -1.98. The van der Waals surface area contributed by atoms with Gasteiger partial charge < -0.3 is 15.3 Å². The van der Waals surface area contributed by atoms with Gasteiger partial charge in [0.2, 0.25) is 0 Å². The van der Waals surface area contributed by atoms with Gasteiger partial charge in [-0.1, -0.05) is 0 Å². The van der Waals surface area contributed by atoms with E-state index in [1.165, 1.54) is 26.5 Å². The second-order valence-electron chi connectivity index (χ2n) is 2.50. The third-order valence-electron chi connectivity index (χ3n) is 1.72. The van der Waals surface area contributed by atoms with Gasteiger partial charge in [0.15, 0.2) is 0 Å². The zero-order valence-corrected chi connectivity index (χ0v) is 7.95. The van der Waals surface area contributed by atoms with Crippen LogP contribution in [-0.4, -0.2) is 20.4 Å². The van der Waals surface area contributed by atoms with Crippen molar-refractivity contribution in [1.29, 1.82) is 0 Å². The summed E-state index contributed by atoms with van der Waals surface area (Å²) in [6, 6.07) is 2.79. The van der Waals surface area contributed by atoms with E-state index in [0.29, 0.717) is 11.5 Å². The van der Waals surface area contributed by atoms with Gasteiger partial charge in [0.1, 0.15) is 17.3 Å². The predicted octanol–water partition coefficient (Wildman–Crippen LogP) is 1.14. The van der Waals surface area contributed by atoms with Crippen molar-refractivity contribution in [3.63, 3.8) is 0 Å². The van der Waals surface area contributed by atoms with Crippen LogP contribution in [0.3, 0.4) is 0 Å². The van der Waals surface area contributed by atoms with Crippen molar-refractivity contribution < 1.29 is 13.9 Å². The number of methoxy groups -OCH3 is 2. The number of halogens is 1. The summed E-state index contributed by atoms with van der Waals surface area (Å²) in [6.45, 7) is 0. The Hall–Kier alpha value is -1.78. The smallest absolute Gasteiger partial charge is 0.139 e. The maximum atomic E-state index is 13.4. The maximum absolute atomic E-state index is 13.4. The molecule has 4 nitrogen and oxygen atoms in total. The molecule has 14 heavy (non-hydrogen) atoms. The minimum absolute atomic E-state index is 0.204. The summed E-state index contributed by atoms with van der Waals surface area (Å²) in [5.74, 6) is 5.16. The normalized spacial score (nSPS) is 10.5. The third-order valence-corrected chi connectivity index (χ3v) is 1.72. The van der Waals surface area contributed by atoms with E-state index in [0.717, 1.165) is 0 Å². The summed E-state index contributed by atoms with van der Waals surface area (Å²) in [7, 11) is 2.88. The molecule has 0 heterocycles. The van der Waals surface area contributed by atoms with Gasteiger partial charge in [-0.15, -0.1) is 0 Å². The van der Waals surface area contributed by atoms with E-state index in [1.807, 2.05) is 0 Å². The van der Waals surface area contributed by atoms with Crippen LogP contribution in [0.2, 0.25) is 0 Å². The van der Waals surface area contributed by atoms with Gasteiger partial charge in [-0.25, -0.2) is 4.39 Å². The Morgan fingerprint density at radius 3 is 2.57 bits per heavy atom. The Morgan fingerprint density at radius 2 is 2.07 bits per heavy atom. The highest BCUT2D eigenvalue weighted by Crippen LogP contribution is 2.26.